The van der Waals surface area contributed by atoms with E-state index in [-0.39, 0.29) is 0 Å². The van der Waals surface area contributed by atoms with Gasteiger partial charge >= 0.3 is 0 Å². The number of hydrogen-bond acceptors (Lipinski definition) is 1. The average Bonchev–Trinajstić information content (AvgIpc) is 2.68. The molecule has 74 valence electrons. The second kappa shape index (κ2) is 2.87. The van der Waals surface area contributed by atoms with Crippen LogP contribution < -0.4 is 0 Å². The van der Waals surface area contributed by atoms with Gasteiger partial charge in [-0.1, -0.05) is 12.8 Å². The Labute approximate surface area is 84.8 Å². The van der Waals surface area contributed by atoms with Crippen LogP contribution in [0.1, 0.15) is 38.5 Å². The van der Waals surface area contributed by atoms with Crippen molar-refractivity contribution in [1.29, 1.82) is 0 Å². The van der Waals surface area contributed by atoms with E-state index in [1.54, 1.807) is 0 Å². The lowest BCUT2D eigenvalue weighted by molar-refractivity contribution is -0.176. The zero-order valence-corrected chi connectivity index (χ0v) is 8.72. The summed E-state index contributed by atoms with van der Waals surface area (Å²) in [5.74, 6) is 0.688. The van der Waals surface area contributed by atoms with Crippen LogP contribution in [0.25, 0.3) is 0 Å². The van der Waals surface area contributed by atoms with Crippen molar-refractivity contribution in [2.24, 2.45) is 11.3 Å². The highest BCUT2D eigenvalue weighted by Gasteiger charge is 2.62. The number of alkyl halides is 1. The monoisotopic (exact) mass is 200 g/mol. The summed E-state index contributed by atoms with van der Waals surface area (Å²) in [6, 6.07) is 0. The van der Waals surface area contributed by atoms with Crippen molar-refractivity contribution in [3.05, 3.63) is 0 Å². The van der Waals surface area contributed by atoms with E-state index >= 15 is 0 Å². The largest absolute Gasteiger partial charge is 0.377 e. The maximum absolute atomic E-state index is 6.51. The molecule has 13 heavy (non-hydrogen) atoms. The summed E-state index contributed by atoms with van der Waals surface area (Å²) in [4.78, 5) is 0. The predicted octanol–water partition coefficient (Wildman–Crippen LogP) is 2.96. The van der Waals surface area contributed by atoms with Crippen molar-refractivity contribution < 1.29 is 4.74 Å². The molecule has 1 saturated heterocycles. The van der Waals surface area contributed by atoms with Crippen LogP contribution in [-0.2, 0) is 4.74 Å². The summed E-state index contributed by atoms with van der Waals surface area (Å²) >= 11 is 6.51. The molecule has 2 saturated carbocycles. The van der Waals surface area contributed by atoms with Crippen molar-refractivity contribution in [3.8, 4) is 0 Å². The van der Waals surface area contributed by atoms with E-state index in [1.165, 1.54) is 38.5 Å². The van der Waals surface area contributed by atoms with Crippen LogP contribution in [0, 0.1) is 11.3 Å². The zero-order chi connectivity index (χ0) is 8.89. The van der Waals surface area contributed by atoms with Crippen LogP contribution in [0.15, 0.2) is 0 Å². The number of rotatable bonds is 0. The fourth-order valence-corrected chi connectivity index (χ4v) is 4.36. The lowest BCUT2D eigenvalue weighted by atomic mass is 9.56. The first-order valence-electron chi connectivity index (χ1n) is 5.60. The van der Waals surface area contributed by atoms with E-state index in [4.69, 9.17) is 16.3 Å². The molecule has 0 N–H and O–H groups in total. The Morgan fingerprint density at radius 2 is 1.92 bits per heavy atom. The van der Waals surface area contributed by atoms with Crippen LogP contribution in [-0.4, -0.2) is 18.1 Å². The topological polar surface area (TPSA) is 9.23 Å². The molecule has 1 heterocycles. The van der Waals surface area contributed by atoms with Gasteiger partial charge in [0.2, 0.25) is 0 Å². The minimum Gasteiger partial charge on any atom is -0.377 e. The van der Waals surface area contributed by atoms with E-state index in [9.17, 15) is 0 Å². The van der Waals surface area contributed by atoms with Crippen molar-refractivity contribution in [3.63, 3.8) is 0 Å². The van der Waals surface area contributed by atoms with Crippen molar-refractivity contribution >= 4 is 11.6 Å². The zero-order valence-electron chi connectivity index (χ0n) is 7.97. The molecule has 1 aliphatic heterocycles. The van der Waals surface area contributed by atoms with E-state index in [2.05, 4.69) is 0 Å². The highest BCUT2D eigenvalue weighted by Crippen LogP contribution is 2.62. The maximum Gasteiger partial charge on any atom is 0.0687 e. The number of halogens is 1. The molecule has 2 aliphatic carbocycles. The Bertz CT molecular complexity index is 210. The SMILES string of the molecule is Cl[C@@H]1[C@H]2CCCO[C@@H]2C12CCCC2. The smallest absolute Gasteiger partial charge is 0.0687 e. The molecule has 2 heteroatoms. The van der Waals surface area contributed by atoms with Gasteiger partial charge in [-0.15, -0.1) is 11.6 Å². The van der Waals surface area contributed by atoms with Crippen LogP contribution in [0.3, 0.4) is 0 Å². The van der Waals surface area contributed by atoms with Crippen molar-refractivity contribution in [2.75, 3.05) is 6.61 Å². The van der Waals surface area contributed by atoms with Crippen molar-refractivity contribution in [2.45, 2.75) is 50.0 Å². The minimum absolute atomic E-state index is 0.409. The van der Waals surface area contributed by atoms with Gasteiger partial charge in [0.15, 0.2) is 0 Å². The highest BCUT2D eigenvalue weighted by atomic mass is 35.5. The third-order valence-electron chi connectivity index (χ3n) is 4.39. The molecule has 1 nitrogen and oxygen atoms in total. The molecular weight excluding hydrogens is 184 g/mol. The van der Waals surface area contributed by atoms with Gasteiger partial charge in [0, 0.05) is 23.3 Å². The van der Waals surface area contributed by atoms with Gasteiger partial charge in [0.1, 0.15) is 0 Å². The predicted molar refractivity (Wildman–Crippen MR) is 53.0 cm³/mol. The first-order chi connectivity index (χ1) is 6.34. The molecule has 0 aromatic heterocycles. The van der Waals surface area contributed by atoms with Crippen molar-refractivity contribution in [1.82, 2.24) is 0 Å². The Kier molecular flexibility index (Phi) is 1.89. The standard InChI is InChI=1S/C11H17ClO/c12-9-8-4-3-7-13-10(8)11(9)5-1-2-6-11/h8-10H,1-7H2/t8-,9-,10+/m1/s1. The second-order valence-electron chi connectivity index (χ2n) is 4.94. The lowest BCUT2D eigenvalue weighted by Gasteiger charge is -2.59. The van der Waals surface area contributed by atoms with E-state index in [0.29, 0.717) is 22.8 Å². The summed E-state index contributed by atoms with van der Waals surface area (Å²) in [5.41, 5.74) is 0.409. The van der Waals surface area contributed by atoms with Crippen LogP contribution in [0.5, 0.6) is 0 Å². The van der Waals surface area contributed by atoms with Crippen LogP contribution in [0.4, 0.5) is 0 Å². The molecule has 3 atom stereocenters. The van der Waals surface area contributed by atoms with Crippen LogP contribution >= 0.6 is 11.6 Å². The summed E-state index contributed by atoms with van der Waals surface area (Å²) < 4.78 is 5.90. The molecule has 3 aliphatic rings. The van der Waals surface area contributed by atoms with Gasteiger partial charge < -0.3 is 4.74 Å². The fraction of sp³-hybridized carbons (Fsp3) is 1.00. The number of fused-ring (bicyclic) bond motifs is 2. The Balaban J connectivity index is 1.82. The summed E-state index contributed by atoms with van der Waals surface area (Å²) in [6.45, 7) is 0.979. The third-order valence-corrected chi connectivity index (χ3v) is 5.15. The van der Waals surface area contributed by atoms with E-state index in [1.807, 2.05) is 0 Å². The number of hydrogen-bond donors (Lipinski definition) is 0. The first-order valence-corrected chi connectivity index (χ1v) is 6.04. The Hall–Kier alpha value is 0.250. The molecule has 0 aromatic carbocycles. The average molecular weight is 201 g/mol. The minimum atomic E-state index is 0.409. The Morgan fingerprint density at radius 1 is 1.15 bits per heavy atom. The van der Waals surface area contributed by atoms with Gasteiger partial charge in [0.05, 0.1) is 6.10 Å². The van der Waals surface area contributed by atoms with Crippen LogP contribution in [0.2, 0.25) is 0 Å². The third kappa shape index (κ3) is 0.979. The maximum atomic E-state index is 6.51. The summed E-state index contributed by atoms with van der Waals surface area (Å²) in [7, 11) is 0. The molecule has 0 bridgehead atoms. The second-order valence-corrected chi connectivity index (χ2v) is 5.41. The van der Waals surface area contributed by atoms with Gasteiger partial charge in [0.25, 0.3) is 0 Å². The van der Waals surface area contributed by atoms with E-state index in [0.717, 1.165) is 6.61 Å². The first kappa shape index (κ1) is 8.55. The Morgan fingerprint density at radius 3 is 2.69 bits per heavy atom. The quantitative estimate of drug-likeness (QED) is 0.547. The lowest BCUT2D eigenvalue weighted by Crippen LogP contribution is -2.63. The van der Waals surface area contributed by atoms with Gasteiger partial charge in [-0.3, -0.25) is 0 Å². The summed E-state index contributed by atoms with van der Waals surface area (Å²) in [6.07, 6.45) is 8.45. The number of ether oxygens (including phenoxy) is 1. The van der Waals surface area contributed by atoms with Gasteiger partial charge in [-0.05, 0) is 25.7 Å². The molecule has 0 aromatic rings. The molecule has 0 unspecified atom stereocenters. The molecule has 0 radical (unpaired) electrons. The molecule has 3 fully saturated rings. The fourth-order valence-electron chi connectivity index (χ4n) is 3.75. The van der Waals surface area contributed by atoms with Gasteiger partial charge in [-0.25, -0.2) is 0 Å². The summed E-state index contributed by atoms with van der Waals surface area (Å²) in [5, 5.41) is 0.431. The van der Waals surface area contributed by atoms with E-state index < -0.39 is 0 Å². The molecule has 3 rings (SSSR count). The molecular formula is C11H17ClO. The molecule has 0 amide bonds. The normalized spacial score (nSPS) is 47.3. The van der Waals surface area contributed by atoms with Gasteiger partial charge in [-0.2, -0.15) is 0 Å². The molecule has 1 spiro atoms. The highest BCUT2D eigenvalue weighted by molar-refractivity contribution is 6.22.